The van der Waals surface area contributed by atoms with Gasteiger partial charge in [0.05, 0.1) is 7.11 Å². The van der Waals surface area contributed by atoms with Crippen LogP contribution in [0.15, 0.2) is 78.9 Å². The molecule has 1 aliphatic heterocycles. The molecule has 1 amide bonds. The van der Waals surface area contributed by atoms with E-state index in [0.29, 0.717) is 11.3 Å². The second kappa shape index (κ2) is 8.40. The smallest absolute Gasteiger partial charge is 0.255 e. The van der Waals surface area contributed by atoms with Gasteiger partial charge in [-0.1, -0.05) is 36.4 Å². The van der Waals surface area contributed by atoms with Crippen LogP contribution in [-0.4, -0.2) is 30.2 Å². The van der Waals surface area contributed by atoms with Gasteiger partial charge in [0, 0.05) is 17.9 Å². The zero-order valence-electron chi connectivity index (χ0n) is 15.6. The van der Waals surface area contributed by atoms with Crippen LogP contribution < -0.4 is 9.47 Å². The van der Waals surface area contributed by atoms with Crippen molar-refractivity contribution in [2.75, 3.05) is 19.4 Å². The van der Waals surface area contributed by atoms with Crippen molar-refractivity contribution in [3.8, 4) is 17.2 Å². The van der Waals surface area contributed by atoms with Crippen LogP contribution in [0.3, 0.4) is 0 Å². The van der Waals surface area contributed by atoms with Crippen LogP contribution in [0.1, 0.15) is 21.3 Å². The molecule has 1 aliphatic rings. The minimum atomic E-state index is -0.0296. The van der Waals surface area contributed by atoms with Crippen molar-refractivity contribution in [3.05, 3.63) is 90.0 Å². The molecule has 0 spiro atoms. The number of ether oxygens (including phenoxy) is 2. The average Bonchev–Trinajstić information content (AvgIpc) is 3.24. The number of benzene rings is 3. The fraction of sp³-hybridized carbons (Fsp3) is 0.174. The van der Waals surface area contributed by atoms with Crippen molar-refractivity contribution >= 4 is 17.7 Å². The summed E-state index contributed by atoms with van der Waals surface area (Å²) in [4.78, 5) is 15.0. The van der Waals surface area contributed by atoms with Crippen LogP contribution in [0, 0.1) is 0 Å². The molecular formula is C23H21NO3S. The van der Waals surface area contributed by atoms with Crippen LogP contribution in [0.4, 0.5) is 0 Å². The summed E-state index contributed by atoms with van der Waals surface area (Å²) in [5.74, 6) is 3.17. The molecule has 1 fully saturated rings. The molecule has 3 aromatic rings. The van der Waals surface area contributed by atoms with Crippen LogP contribution >= 0.6 is 11.8 Å². The summed E-state index contributed by atoms with van der Waals surface area (Å²) in [6, 6.07) is 25.0. The summed E-state index contributed by atoms with van der Waals surface area (Å²) in [5.41, 5.74) is 1.70. The molecule has 0 saturated carbocycles. The number of carbonyl (C=O) groups excluding carboxylic acids is 1. The maximum absolute atomic E-state index is 13.1. The quantitative estimate of drug-likeness (QED) is 0.586. The van der Waals surface area contributed by atoms with Gasteiger partial charge in [-0.15, -0.1) is 11.8 Å². The number of methoxy groups -OCH3 is 1. The van der Waals surface area contributed by atoms with E-state index >= 15 is 0 Å². The molecule has 28 heavy (non-hydrogen) atoms. The lowest BCUT2D eigenvalue weighted by Gasteiger charge is -2.24. The topological polar surface area (TPSA) is 38.8 Å². The normalized spacial score (nSPS) is 16.0. The van der Waals surface area contributed by atoms with Gasteiger partial charge in [-0.3, -0.25) is 4.79 Å². The predicted octanol–water partition coefficient (Wildman–Crippen LogP) is 5.38. The molecular weight excluding hydrogens is 370 g/mol. The minimum absolute atomic E-state index is 0.0169. The molecule has 1 unspecified atom stereocenters. The Morgan fingerprint density at radius 3 is 2.50 bits per heavy atom. The molecule has 3 aromatic carbocycles. The van der Waals surface area contributed by atoms with Gasteiger partial charge < -0.3 is 14.4 Å². The lowest BCUT2D eigenvalue weighted by molar-refractivity contribution is 0.0760. The highest BCUT2D eigenvalue weighted by Gasteiger charge is 2.31. The monoisotopic (exact) mass is 391 g/mol. The summed E-state index contributed by atoms with van der Waals surface area (Å²) in [5, 5.41) is -0.0296. The maximum Gasteiger partial charge on any atom is 0.255 e. The Hall–Kier alpha value is -2.92. The Morgan fingerprint density at radius 2 is 1.68 bits per heavy atom. The lowest BCUT2D eigenvalue weighted by Crippen LogP contribution is -2.30. The lowest BCUT2D eigenvalue weighted by atomic mass is 10.1. The van der Waals surface area contributed by atoms with Crippen molar-refractivity contribution in [3.63, 3.8) is 0 Å². The molecule has 0 bridgehead atoms. The van der Waals surface area contributed by atoms with Gasteiger partial charge in [0.25, 0.3) is 5.91 Å². The van der Waals surface area contributed by atoms with Gasteiger partial charge in [0.15, 0.2) is 0 Å². The van der Waals surface area contributed by atoms with Crippen LogP contribution in [-0.2, 0) is 0 Å². The van der Waals surface area contributed by atoms with Crippen molar-refractivity contribution < 1.29 is 14.3 Å². The van der Waals surface area contributed by atoms with E-state index in [1.165, 1.54) is 0 Å². The number of amides is 1. The summed E-state index contributed by atoms with van der Waals surface area (Å²) in [6.07, 6.45) is 0. The third-order valence-electron chi connectivity index (χ3n) is 4.59. The van der Waals surface area contributed by atoms with Gasteiger partial charge in [-0.25, -0.2) is 0 Å². The zero-order valence-corrected chi connectivity index (χ0v) is 16.4. The highest BCUT2D eigenvalue weighted by atomic mass is 32.2. The molecule has 0 radical (unpaired) electrons. The van der Waals surface area contributed by atoms with Crippen molar-refractivity contribution in [2.24, 2.45) is 0 Å². The largest absolute Gasteiger partial charge is 0.497 e. The first kappa shape index (κ1) is 18.4. The van der Waals surface area contributed by atoms with E-state index < -0.39 is 0 Å². The molecule has 1 atom stereocenters. The third-order valence-corrected chi connectivity index (χ3v) is 5.85. The van der Waals surface area contributed by atoms with E-state index in [0.717, 1.165) is 29.4 Å². The van der Waals surface area contributed by atoms with Gasteiger partial charge >= 0.3 is 0 Å². The molecule has 1 saturated heterocycles. The first-order chi connectivity index (χ1) is 13.7. The number of para-hydroxylation sites is 1. The van der Waals surface area contributed by atoms with E-state index in [2.05, 4.69) is 0 Å². The Kier molecular flexibility index (Phi) is 5.53. The number of rotatable bonds is 5. The van der Waals surface area contributed by atoms with Crippen molar-refractivity contribution in [1.29, 1.82) is 0 Å². The van der Waals surface area contributed by atoms with Gasteiger partial charge in [0.1, 0.15) is 22.6 Å². The Labute approximate surface area is 169 Å². The van der Waals surface area contributed by atoms with Crippen LogP contribution in [0.2, 0.25) is 0 Å². The van der Waals surface area contributed by atoms with E-state index in [1.54, 1.807) is 24.9 Å². The summed E-state index contributed by atoms with van der Waals surface area (Å²) >= 11 is 1.77. The van der Waals surface area contributed by atoms with Crippen molar-refractivity contribution in [1.82, 2.24) is 4.90 Å². The van der Waals surface area contributed by atoms with E-state index in [9.17, 15) is 4.79 Å². The van der Waals surface area contributed by atoms with Crippen LogP contribution in [0.25, 0.3) is 0 Å². The molecule has 0 N–H and O–H groups in total. The fourth-order valence-corrected chi connectivity index (χ4v) is 4.48. The molecule has 1 heterocycles. The standard InChI is InChI=1S/C23H21NO3S/c1-26-20-11-5-7-17(15-20)22(25)24-13-14-28-23(24)18-8-6-12-21(16-18)27-19-9-3-2-4-10-19/h2-12,15-16,23H,13-14H2,1H3. The van der Waals surface area contributed by atoms with Crippen LogP contribution in [0.5, 0.6) is 17.2 Å². The Morgan fingerprint density at radius 1 is 0.929 bits per heavy atom. The predicted molar refractivity (Wildman–Crippen MR) is 112 cm³/mol. The molecule has 4 rings (SSSR count). The van der Waals surface area contributed by atoms with Gasteiger partial charge in [-0.2, -0.15) is 0 Å². The van der Waals surface area contributed by atoms with E-state index in [1.807, 2.05) is 77.7 Å². The molecule has 142 valence electrons. The first-order valence-corrected chi connectivity index (χ1v) is 10.2. The third kappa shape index (κ3) is 3.99. The highest BCUT2D eigenvalue weighted by molar-refractivity contribution is 7.99. The van der Waals surface area contributed by atoms with Gasteiger partial charge in [-0.05, 0) is 48.0 Å². The number of thioether (sulfide) groups is 1. The summed E-state index contributed by atoms with van der Waals surface area (Å²) in [6.45, 7) is 0.717. The fourth-order valence-electron chi connectivity index (χ4n) is 3.23. The Balaban J connectivity index is 1.56. The first-order valence-electron chi connectivity index (χ1n) is 9.14. The number of carbonyl (C=O) groups is 1. The molecule has 5 heteroatoms. The van der Waals surface area contributed by atoms with E-state index in [-0.39, 0.29) is 11.3 Å². The molecule has 0 aliphatic carbocycles. The zero-order chi connectivity index (χ0) is 19.3. The summed E-state index contributed by atoms with van der Waals surface area (Å²) < 4.78 is 11.2. The maximum atomic E-state index is 13.1. The number of hydrogen-bond donors (Lipinski definition) is 0. The Bertz CT molecular complexity index is 961. The van der Waals surface area contributed by atoms with E-state index in [4.69, 9.17) is 9.47 Å². The second-order valence-electron chi connectivity index (χ2n) is 6.44. The molecule has 0 aromatic heterocycles. The number of nitrogens with zero attached hydrogens (tertiary/aromatic N) is 1. The van der Waals surface area contributed by atoms with Crippen molar-refractivity contribution in [2.45, 2.75) is 5.37 Å². The minimum Gasteiger partial charge on any atom is -0.497 e. The number of hydrogen-bond acceptors (Lipinski definition) is 4. The molecule has 4 nitrogen and oxygen atoms in total. The second-order valence-corrected chi connectivity index (χ2v) is 7.63. The van der Waals surface area contributed by atoms with Gasteiger partial charge in [0.2, 0.25) is 0 Å². The SMILES string of the molecule is COc1cccc(C(=O)N2CCSC2c2cccc(Oc3ccccc3)c2)c1. The summed E-state index contributed by atoms with van der Waals surface area (Å²) in [7, 11) is 1.61. The average molecular weight is 391 g/mol. The highest BCUT2D eigenvalue weighted by Crippen LogP contribution is 2.40.